The van der Waals surface area contributed by atoms with E-state index in [9.17, 15) is 4.79 Å². The third-order valence-corrected chi connectivity index (χ3v) is 6.63. The average molecular weight is 460 g/mol. The lowest BCUT2D eigenvalue weighted by Crippen LogP contribution is -2.22. The van der Waals surface area contributed by atoms with Crippen LogP contribution in [0.4, 0.5) is 11.6 Å². The van der Waals surface area contributed by atoms with Crippen molar-refractivity contribution in [1.82, 2.24) is 14.8 Å². The molecule has 1 fully saturated rings. The number of hydrogen-bond acceptors (Lipinski definition) is 6. The number of anilines is 2. The molecule has 8 heteroatoms. The van der Waals surface area contributed by atoms with Crippen LogP contribution in [0.15, 0.2) is 82.6 Å². The summed E-state index contributed by atoms with van der Waals surface area (Å²) in [4.78, 5) is 14.8. The normalized spacial score (nSPS) is 13.4. The molecular weight excluding hydrogens is 434 g/mol. The molecule has 0 bridgehead atoms. The molecule has 1 aliphatic heterocycles. The van der Waals surface area contributed by atoms with Crippen LogP contribution in [0.25, 0.3) is 0 Å². The van der Waals surface area contributed by atoms with Crippen LogP contribution in [0.1, 0.15) is 34.5 Å². The minimum absolute atomic E-state index is 0.117. The first-order valence-electron chi connectivity index (χ1n) is 11.0. The van der Waals surface area contributed by atoms with E-state index in [1.54, 1.807) is 18.0 Å². The number of nitrogens with zero attached hydrogens (tertiary/aromatic N) is 4. The summed E-state index contributed by atoms with van der Waals surface area (Å²) in [6.07, 6.45) is 4.05. The molecule has 0 atom stereocenters. The smallest absolute Gasteiger partial charge is 0.255 e. The van der Waals surface area contributed by atoms with Gasteiger partial charge in [0.25, 0.3) is 5.91 Å². The molecule has 2 aromatic carbocycles. The van der Waals surface area contributed by atoms with Crippen molar-refractivity contribution >= 4 is 29.3 Å². The highest BCUT2D eigenvalue weighted by atomic mass is 32.2. The maximum Gasteiger partial charge on any atom is 0.255 e. The second-order valence-corrected chi connectivity index (χ2v) is 8.89. The van der Waals surface area contributed by atoms with Crippen molar-refractivity contribution in [3.63, 3.8) is 0 Å². The van der Waals surface area contributed by atoms with Gasteiger partial charge in [-0.1, -0.05) is 42.1 Å². The highest BCUT2D eigenvalue weighted by molar-refractivity contribution is 7.98. The maximum absolute atomic E-state index is 12.5. The number of nitrogens with one attached hydrogen (secondary N) is 1. The van der Waals surface area contributed by atoms with E-state index in [1.807, 2.05) is 66.7 Å². The maximum atomic E-state index is 12.5. The number of carbonyl (C=O) groups excluding carboxylic acids is 1. The molecule has 0 aliphatic carbocycles. The van der Waals surface area contributed by atoms with E-state index >= 15 is 0 Å². The lowest BCUT2D eigenvalue weighted by atomic mass is 10.1. The number of para-hydroxylation sites is 1. The Morgan fingerprint density at radius 1 is 0.970 bits per heavy atom. The second kappa shape index (κ2) is 9.95. The second-order valence-electron chi connectivity index (χ2n) is 7.95. The summed E-state index contributed by atoms with van der Waals surface area (Å²) in [5.74, 6) is 2.40. The van der Waals surface area contributed by atoms with Gasteiger partial charge in [0.15, 0.2) is 5.16 Å². The van der Waals surface area contributed by atoms with E-state index < -0.39 is 0 Å². The number of amides is 1. The zero-order valence-corrected chi connectivity index (χ0v) is 19.0. The van der Waals surface area contributed by atoms with Gasteiger partial charge in [0, 0.05) is 30.1 Å². The lowest BCUT2D eigenvalue weighted by molar-refractivity contribution is 0.102. The first kappa shape index (κ1) is 21.3. The Morgan fingerprint density at radius 2 is 1.76 bits per heavy atom. The number of aromatic nitrogens is 3. The molecule has 1 saturated heterocycles. The molecule has 2 aromatic heterocycles. The van der Waals surface area contributed by atoms with Crippen molar-refractivity contribution in [1.29, 1.82) is 0 Å². The predicted molar refractivity (Wildman–Crippen MR) is 130 cm³/mol. The van der Waals surface area contributed by atoms with Crippen LogP contribution < -0.4 is 10.2 Å². The molecule has 0 saturated carbocycles. The molecule has 3 heterocycles. The first-order valence-corrected chi connectivity index (χ1v) is 12.0. The van der Waals surface area contributed by atoms with Crippen LogP contribution in [0, 0.1) is 0 Å². The molecule has 1 N–H and O–H groups in total. The Morgan fingerprint density at radius 3 is 2.48 bits per heavy atom. The molecule has 1 aliphatic rings. The van der Waals surface area contributed by atoms with E-state index in [1.165, 1.54) is 12.8 Å². The summed E-state index contributed by atoms with van der Waals surface area (Å²) >= 11 is 1.64. The highest BCUT2D eigenvalue weighted by Gasteiger charge is 2.22. The van der Waals surface area contributed by atoms with E-state index in [4.69, 9.17) is 4.42 Å². The summed E-state index contributed by atoms with van der Waals surface area (Å²) in [6.45, 7) is 2.62. The number of hydrogen-bond donors (Lipinski definition) is 1. The fraction of sp³-hybridized carbons (Fsp3) is 0.240. The van der Waals surface area contributed by atoms with Gasteiger partial charge in [0.2, 0.25) is 5.95 Å². The molecule has 7 nitrogen and oxygen atoms in total. The molecule has 4 aromatic rings. The van der Waals surface area contributed by atoms with E-state index in [-0.39, 0.29) is 5.91 Å². The summed E-state index contributed by atoms with van der Waals surface area (Å²) < 4.78 is 7.71. The molecule has 33 heavy (non-hydrogen) atoms. The van der Waals surface area contributed by atoms with Crippen molar-refractivity contribution in [3.05, 3.63) is 89.9 Å². The van der Waals surface area contributed by atoms with Crippen LogP contribution in [0.3, 0.4) is 0 Å². The lowest BCUT2D eigenvalue weighted by Gasteiger charge is -2.17. The molecule has 0 unspecified atom stereocenters. The van der Waals surface area contributed by atoms with Gasteiger partial charge >= 0.3 is 0 Å². The quantitative estimate of drug-likeness (QED) is 0.371. The van der Waals surface area contributed by atoms with Gasteiger partial charge in [0.1, 0.15) is 5.76 Å². The van der Waals surface area contributed by atoms with Gasteiger partial charge < -0.3 is 14.6 Å². The Bertz CT molecular complexity index is 1180. The summed E-state index contributed by atoms with van der Waals surface area (Å²) in [6, 6.07) is 21.0. The summed E-state index contributed by atoms with van der Waals surface area (Å²) in [5.41, 5.74) is 2.53. The van der Waals surface area contributed by atoms with Gasteiger partial charge in [-0.25, -0.2) is 0 Å². The molecular formula is C25H25N5O2S. The molecule has 1 amide bonds. The van der Waals surface area contributed by atoms with Crippen LogP contribution in [-0.4, -0.2) is 33.8 Å². The fourth-order valence-corrected chi connectivity index (χ4v) is 4.75. The molecule has 5 rings (SSSR count). The monoisotopic (exact) mass is 459 g/mol. The minimum Gasteiger partial charge on any atom is -0.467 e. The number of furan rings is 1. The zero-order chi connectivity index (χ0) is 22.5. The molecule has 0 radical (unpaired) electrons. The van der Waals surface area contributed by atoms with Gasteiger partial charge in [-0.05, 0) is 54.8 Å². The van der Waals surface area contributed by atoms with Gasteiger partial charge in [0.05, 0.1) is 12.8 Å². The first-order chi connectivity index (χ1) is 16.3. The number of rotatable bonds is 8. The standard InChI is InChI=1S/C25H25N5O2S/c31-23(26-21-7-2-1-3-8-21)20-12-10-19(11-13-20)18-33-25-28-27-24(29-14-4-5-15-29)30(25)17-22-9-6-16-32-22/h1-3,6-13,16H,4-5,14-15,17-18H2,(H,26,31). The van der Waals surface area contributed by atoms with E-state index in [2.05, 4.69) is 25.0 Å². The number of benzene rings is 2. The van der Waals surface area contributed by atoms with Gasteiger partial charge in [-0.3, -0.25) is 9.36 Å². The number of carbonyl (C=O) groups is 1. The molecule has 0 spiro atoms. The van der Waals surface area contributed by atoms with Crippen LogP contribution in [0.2, 0.25) is 0 Å². The predicted octanol–water partition coefficient (Wildman–Crippen LogP) is 5.06. The van der Waals surface area contributed by atoms with Crippen LogP contribution >= 0.6 is 11.8 Å². The van der Waals surface area contributed by atoms with Crippen molar-refractivity contribution in [2.24, 2.45) is 0 Å². The third kappa shape index (κ3) is 5.12. The zero-order valence-electron chi connectivity index (χ0n) is 18.2. The average Bonchev–Trinajstić information content (AvgIpc) is 3.62. The summed E-state index contributed by atoms with van der Waals surface area (Å²) in [7, 11) is 0. The van der Waals surface area contributed by atoms with Gasteiger partial charge in [-0.2, -0.15) is 0 Å². The SMILES string of the molecule is O=C(Nc1ccccc1)c1ccc(CSc2nnc(N3CCCC3)n2Cc2ccco2)cc1. The minimum atomic E-state index is -0.117. The number of thioether (sulfide) groups is 1. The van der Waals surface area contributed by atoms with Crippen molar-refractivity contribution in [2.45, 2.75) is 30.3 Å². The largest absolute Gasteiger partial charge is 0.467 e. The van der Waals surface area contributed by atoms with E-state index in [0.717, 1.165) is 47.0 Å². The fourth-order valence-electron chi connectivity index (χ4n) is 3.86. The van der Waals surface area contributed by atoms with Crippen LogP contribution in [0.5, 0.6) is 0 Å². The summed E-state index contributed by atoms with van der Waals surface area (Å²) in [5, 5.41) is 12.7. The molecule has 168 valence electrons. The Labute approximate surface area is 196 Å². The van der Waals surface area contributed by atoms with E-state index in [0.29, 0.717) is 12.1 Å². The Kier molecular flexibility index (Phi) is 6.44. The third-order valence-electron chi connectivity index (χ3n) is 5.60. The van der Waals surface area contributed by atoms with Crippen molar-refractivity contribution in [2.75, 3.05) is 23.3 Å². The topological polar surface area (TPSA) is 76.2 Å². The highest BCUT2D eigenvalue weighted by Crippen LogP contribution is 2.28. The Balaban J connectivity index is 1.26. The van der Waals surface area contributed by atoms with Crippen molar-refractivity contribution < 1.29 is 9.21 Å². The van der Waals surface area contributed by atoms with Crippen molar-refractivity contribution in [3.8, 4) is 0 Å². The van der Waals surface area contributed by atoms with Crippen LogP contribution in [-0.2, 0) is 12.3 Å². The van der Waals surface area contributed by atoms with Gasteiger partial charge in [-0.15, -0.1) is 10.2 Å². The Hall–Kier alpha value is -3.52.